The first-order valence-electron chi connectivity index (χ1n) is 10.7. The second-order valence-electron chi connectivity index (χ2n) is 8.84. The van der Waals surface area contributed by atoms with Crippen LogP contribution in [-0.4, -0.2) is 30.4 Å². The highest BCUT2D eigenvalue weighted by Gasteiger charge is 2.32. The van der Waals surface area contributed by atoms with Crippen molar-refractivity contribution in [2.75, 3.05) is 29.9 Å². The number of nitrogens with zero attached hydrogens (tertiary/aromatic N) is 2. The summed E-state index contributed by atoms with van der Waals surface area (Å²) in [5.74, 6) is 1.79. The van der Waals surface area contributed by atoms with Gasteiger partial charge < -0.3 is 15.1 Å². The Morgan fingerprint density at radius 1 is 0.964 bits per heavy atom. The van der Waals surface area contributed by atoms with E-state index in [1.54, 1.807) is 0 Å². The Kier molecular flexibility index (Phi) is 4.50. The summed E-state index contributed by atoms with van der Waals surface area (Å²) in [6.45, 7) is 6.34. The number of fused-ring (bicyclic) bond motifs is 1. The Bertz CT molecular complexity index is 864. The number of anilines is 3. The summed E-state index contributed by atoms with van der Waals surface area (Å²) in [4.78, 5) is 17.0. The van der Waals surface area contributed by atoms with Crippen LogP contribution in [0.5, 0.6) is 0 Å². The molecule has 0 radical (unpaired) electrons. The molecule has 1 amide bonds. The van der Waals surface area contributed by atoms with Gasteiger partial charge in [-0.2, -0.15) is 0 Å². The molecule has 1 N–H and O–H groups in total. The van der Waals surface area contributed by atoms with Crippen molar-refractivity contribution < 1.29 is 4.79 Å². The topological polar surface area (TPSA) is 35.6 Å². The number of hydrogen-bond acceptors (Lipinski definition) is 3. The van der Waals surface area contributed by atoms with Gasteiger partial charge in [-0.15, -0.1) is 0 Å². The number of nitrogens with one attached hydrogen (secondary N) is 1. The maximum Gasteiger partial charge on any atom is 0.254 e. The van der Waals surface area contributed by atoms with Gasteiger partial charge in [0.2, 0.25) is 0 Å². The molecule has 2 aromatic carbocycles. The van der Waals surface area contributed by atoms with Crippen LogP contribution in [-0.2, 0) is 6.54 Å². The largest absolute Gasteiger partial charge is 0.372 e. The van der Waals surface area contributed by atoms with E-state index in [1.165, 1.54) is 31.4 Å². The number of carbonyl (C=O) groups is 1. The minimum atomic E-state index is 0.202. The van der Waals surface area contributed by atoms with Crippen LogP contribution >= 0.6 is 0 Å². The summed E-state index contributed by atoms with van der Waals surface area (Å²) in [5, 5.41) is 3.51. The van der Waals surface area contributed by atoms with E-state index in [4.69, 9.17) is 0 Å². The molecule has 4 heteroatoms. The van der Waals surface area contributed by atoms with Crippen molar-refractivity contribution in [1.82, 2.24) is 4.90 Å². The molecule has 2 aromatic rings. The monoisotopic (exact) mass is 375 g/mol. The van der Waals surface area contributed by atoms with Crippen LogP contribution in [0.15, 0.2) is 42.5 Å². The zero-order valence-corrected chi connectivity index (χ0v) is 16.7. The van der Waals surface area contributed by atoms with E-state index in [2.05, 4.69) is 47.5 Å². The summed E-state index contributed by atoms with van der Waals surface area (Å²) in [6.07, 6.45) is 5.12. The van der Waals surface area contributed by atoms with Gasteiger partial charge >= 0.3 is 0 Å². The highest BCUT2D eigenvalue weighted by atomic mass is 16.2. The van der Waals surface area contributed by atoms with E-state index in [-0.39, 0.29) is 5.91 Å². The van der Waals surface area contributed by atoms with Crippen LogP contribution in [0.3, 0.4) is 0 Å². The van der Waals surface area contributed by atoms with Gasteiger partial charge in [-0.25, -0.2) is 0 Å². The first-order chi connectivity index (χ1) is 13.7. The van der Waals surface area contributed by atoms with Gasteiger partial charge in [-0.05, 0) is 85.5 Å². The maximum absolute atomic E-state index is 12.5. The van der Waals surface area contributed by atoms with Crippen molar-refractivity contribution in [1.29, 1.82) is 0 Å². The maximum atomic E-state index is 12.5. The van der Waals surface area contributed by atoms with Crippen LogP contribution in [0.2, 0.25) is 0 Å². The molecule has 1 saturated heterocycles. The lowest BCUT2D eigenvalue weighted by molar-refractivity contribution is 0.0771. The van der Waals surface area contributed by atoms with Crippen molar-refractivity contribution in [3.05, 3.63) is 53.6 Å². The third kappa shape index (κ3) is 3.60. The summed E-state index contributed by atoms with van der Waals surface area (Å²) < 4.78 is 0. The van der Waals surface area contributed by atoms with Gasteiger partial charge in [0.1, 0.15) is 0 Å². The third-order valence-electron chi connectivity index (χ3n) is 6.46. The van der Waals surface area contributed by atoms with E-state index >= 15 is 0 Å². The minimum Gasteiger partial charge on any atom is -0.372 e. The van der Waals surface area contributed by atoms with E-state index in [0.29, 0.717) is 0 Å². The molecule has 146 valence electrons. The summed E-state index contributed by atoms with van der Waals surface area (Å²) in [6, 6.07) is 14.9. The van der Waals surface area contributed by atoms with E-state index < -0.39 is 0 Å². The molecule has 4 nitrogen and oxygen atoms in total. The Hall–Kier alpha value is -2.49. The molecule has 2 aliphatic heterocycles. The molecule has 5 rings (SSSR count). The summed E-state index contributed by atoms with van der Waals surface area (Å²) in [7, 11) is 0. The predicted octanol–water partition coefficient (Wildman–Crippen LogP) is 5.03. The number of piperidine rings is 1. The van der Waals surface area contributed by atoms with E-state index in [0.717, 1.165) is 60.5 Å². The van der Waals surface area contributed by atoms with Gasteiger partial charge in [0.15, 0.2) is 0 Å². The molecule has 0 atom stereocenters. The second kappa shape index (κ2) is 7.16. The Balaban J connectivity index is 1.25. The molecule has 1 aliphatic carbocycles. The molecule has 0 spiro atoms. The molecule has 28 heavy (non-hydrogen) atoms. The molecule has 2 fully saturated rings. The number of amides is 1. The van der Waals surface area contributed by atoms with Crippen molar-refractivity contribution in [3.8, 4) is 0 Å². The lowest BCUT2D eigenvalue weighted by Gasteiger charge is -2.32. The third-order valence-corrected chi connectivity index (χ3v) is 6.46. The first-order valence-corrected chi connectivity index (χ1v) is 10.7. The average Bonchev–Trinajstić information content (AvgIpc) is 3.47. The molecular weight excluding hydrogens is 346 g/mol. The highest BCUT2D eigenvalue weighted by molar-refractivity contribution is 5.99. The van der Waals surface area contributed by atoms with E-state index in [9.17, 15) is 4.79 Å². The Labute approximate surface area is 167 Å². The number of rotatable bonds is 5. The zero-order chi connectivity index (χ0) is 19.1. The van der Waals surface area contributed by atoms with Gasteiger partial charge in [-0.3, -0.25) is 4.79 Å². The van der Waals surface area contributed by atoms with Gasteiger partial charge in [0.25, 0.3) is 5.91 Å². The Morgan fingerprint density at radius 2 is 1.68 bits per heavy atom. The molecule has 0 aromatic heterocycles. The smallest absolute Gasteiger partial charge is 0.254 e. The lowest BCUT2D eigenvalue weighted by atomic mass is 9.99. The molecule has 0 bridgehead atoms. The van der Waals surface area contributed by atoms with Crippen LogP contribution in [0.1, 0.15) is 48.5 Å². The van der Waals surface area contributed by atoms with Crippen molar-refractivity contribution in [3.63, 3.8) is 0 Å². The first kappa shape index (κ1) is 17.6. The fourth-order valence-electron chi connectivity index (χ4n) is 4.41. The lowest BCUT2D eigenvalue weighted by Crippen LogP contribution is -2.32. The molecule has 3 aliphatic rings. The molecule has 1 saturated carbocycles. The van der Waals surface area contributed by atoms with Crippen LogP contribution in [0.25, 0.3) is 0 Å². The second-order valence-corrected chi connectivity index (χ2v) is 8.84. The van der Waals surface area contributed by atoms with Crippen molar-refractivity contribution >= 4 is 23.0 Å². The van der Waals surface area contributed by atoms with Crippen LogP contribution in [0.4, 0.5) is 17.1 Å². The number of carbonyl (C=O) groups excluding carboxylic acids is 1. The Morgan fingerprint density at radius 3 is 2.39 bits per heavy atom. The van der Waals surface area contributed by atoms with Crippen molar-refractivity contribution in [2.24, 2.45) is 11.8 Å². The summed E-state index contributed by atoms with van der Waals surface area (Å²) in [5.41, 5.74) is 5.48. The van der Waals surface area contributed by atoms with E-state index in [1.807, 2.05) is 17.0 Å². The SMILES string of the molecule is CC1CCN(c2ccc(Nc3ccc4c(c3)CN(CC3CC3)C4=O)cc2)CC1. The molecule has 2 heterocycles. The van der Waals surface area contributed by atoms with Gasteiger partial charge in [-0.1, -0.05) is 6.92 Å². The van der Waals surface area contributed by atoms with Crippen molar-refractivity contribution in [2.45, 2.75) is 39.2 Å². The van der Waals surface area contributed by atoms with Crippen LogP contribution < -0.4 is 10.2 Å². The minimum absolute atomic E-state index is 0.202. The zero-order valence-electron chi connectivity index (χ0n) is 16.7. The fraction of sp³-hybridized carbons (Fsp3) is 0.458. The summed E-state index contributed by atoms with van der Waals surface area (Å²) >= 11 is 0. The van der Waals surface area contributed by atoms with Gasteiger partial charge in [0, 0.05) is 48.8 Å². The number of hydrogen-bond donors (Lipinski definition) is 1. The molecule has 0 unspecified atom stereocenters. The predicted molar refractivity (Wildman–Crippen MR) is 114 cm³/mol. The number of benzene rings is 2. The fourth-order valence-corrected chi connectivity index (χ4v) is 4.41. The highest BCUT2D eigenvalue weighted by Crippen LogP contribution is 2.34. The molecular formula is C24H29N3O. The standard InChI is InChI=1S/C24H29N3O/c1-17-10-12-26(13-11-17)22-7-4-20(5-8-22)25-21-6-9-23-19(14-21)16-27(24(23)28)15-18-2-3-18/h4-9,14,17-18,25H,2-3,10-13,15-16H2,1H3. The quantitative estimate of drug-likeness (QED) is 0.796. The van der Waals surface area contributed by atoms with Gasteiger partial charge in [0.05, 0.1) is 0 Å². The normalized spacial score (nSPS) is 19.8. The van der Waals surface area contributed by atoms with Crippen LogP contribution in [0, 0.1) is 11.8 Å². The average molecular weight is 376 g/mol.